The van der Waals surface area contributed by atoms with Gasteiger partial charge in [0.2, 0.25) is 11.7 Å². The van der Waals surface area contributed by atoms with Crippen molar-refractivity contribution in [3.63, 3.8) is 0 Å². The number of aryl methyl sites for hydroxylation is 1. The van der Waals surface area contributed by atoms with Crippen LogP contribution in [0.25, 0.3) is 0 Å². The SMILES string of the molecule is CCc1ccc(OCC(=O)c2c(C)c(C#N)c(=O)n(CCCOC)c2O)cc1. The molecule has 0 aliphatic heterocycles. The monoisotopic (exact) mass is 384 g/mol. The van der Waals surface area contributed by atoms with Gasteiger partial charge in [0.25, 0.3) is 5.56 Å². The molecule has 0 unspecified atom stereocenters. The van der Waals surface area contributed by atoms with Crippen molar-refractivity contribution in [2.45, 2.75) is 33.2 Å². The first-order valence-corrected chi connectivity index (χ1v) is 9.04. The number of aromatic hydroxyl groups is 1. The fourth-order valence-corrected chi connectivity index (χ4v) is 2.90. The van der Waals surface area contributed by atoms with Crippen LogP contribution in [0.2, 0.25) is 0 Å². The number of hydrogen-bond donors (Lipinski definition) is 1. The van der Waals surface area contributed by atoms with E-state index in [4.69, 9.17) is 9.47 Å². The molecule has 0 bridgehead atoms. The molecule has 0 saturated carbocycles. The zero-order chi connectivity index (χ0) is 20.7. The molecule has 148 valence electrons. The van der Waals surface area contributed by atoms with Crippen LogP contribution in [0.3, 0.4) is 0 Å². The Morgan fingerprint density at radius 2 is 1.96 bits per heavy atom. The number of benzene rings is 1. The first-order valence-electron chi connectivity index (χ1n) is 9.04. The van der Waals surface area contributed by atoms with Gasteiger partial charge in [0.15, 0.2) is 6.61 Å². The van der Waals surface area contributed by atoms with E-state index < -0.39 is 17.2 Å². The van der Waals surface area contributed by atoms with Crippen molar-refractivity contribution >= 4 is 5.78 Å². The maximum Gasteiger partial charge on any atom is 0.271 e. The van der Waals surface area contributed by atoms with Gasteiger partial charge in [-0.3, -0.25) is 14.2 Å². The summed E-state index contributed by atoms with van der Waals surface area (Å²) in [6.07, 6.45) is 1.35. The maximum absolute atomic E-state index is 12.7. The molecule has 0 amide bonds. The predicted octanol–water partition coefficient (Wildman–Crippen LogP) is 2.59. The summed E-state index contributed by atoms with van der Waals surface area (Å²) in [6, 6.07) is 9.19. The molecular formula is C21H24N2O5. The van der Waals surface area contributed by atoms with E-state index in [1.54, 1.807) is 12.1 Å². The quantitative estimate of drug-likeness (QED) is 0.527. The second-order valence-electron chi connectivity index (χ2n) is 6.32. The highest BCUT2D eigenvalue weighted by Gasteiger charge is 2.24. The van der Waals surface area contributed by atoms with Gasteiger partial charge >= 0.3 is 0 Å². The highest BCUT2D eigenvalue weighted by atomic mass is 16.5. The molecule has 0 aliphatic rings. The van der Waals surface area contributed by atoms with Gasteiger partial charge in [0, 0.05) is 20.3 Å². The molecule has 1 heterocycles. The number of ether oxygens (including phenoxy) is 2. The number of hydrogen-bond acceptors (Lipinski definition) is 6. The molecule has 2 aromatic rings. The van der Waals surface area contributed by atoms with Crippen molar-refractivity contribution in [3.8, 4) is 17.7 Å². The molecule has 0 radical (unpaired) electrons. The topological polar surface area (TPSA) is 102 Å². The Morgan fingerprint density at radius 3 is 2.54 bits per heavy atom. The van der Waals surface area contributed by atoms with E-state index in [0.29, 0.717) is 18.8 Å². The smallest absolute Gasteiger partial charge is 0.271 e. The van der Waals surface area contributed by atoms with Gasteiger partial charge in [-0.05, 0) is 43.0 Å². The Balaban J connectivity index is 2.31. The van der Waals surface area contributed by atoms with Crippen LogP contribution in [0.1, 0.15) is 40.4 Å². The molecule has 1 N–H and O–H groups in total. The summed E-state index contributed by atoms with van der Waals surface area (Å²) in [5.41, 5.74) is 0.447. The number of nitrogens with zero attached hydrogens (tertiary/aromatic N) is 2. The van der Waals surface area contributed by atoms with Gasteiger partial charge in [-0.2, -0.15) is 5.26 Å². The third-order valence-corrected chi connectivity index (χ3v) is 4.51. The normalized spacial score (nSPS) is 10.5. The number of carbonyl (C=O) groups excluding carboxylic acids is 1. The number of nitriles is 1. The van der Waals surface area contributed by atoms with E-state index in [9.17, 15) is 20.0 Å². The third kappa shape index (κ3) is 4.59. The molecule has 0 atom stereocenters. The Morgan fingerprint density at radius 1 is 1.29 bits per heavy atom. The summed E-state index contributed by atoms with van der Waals surface area (Å²) in [5.74, 6) is -0.435. The van der Waals surface area contributed by atoms with E-state index in [1.807, 2.05) is 25.1 Å². The van der Waals surface area contributed by atoms with E-state index in [-0.39, 0.29) is 29.8 Å². The fourth-order valence-electron chi connectivity index (χ4n) is 2.90. The minimum atomic E-state index is -0.624. The average Bonchev–Trinajstić information content (AvgIpc) is 2.69. The van der Waals surface area contributed by atoms with Crippen LogP contribution in [0.5, 0.6) is 11.6 Å². The minimum absolute atomic E-state index is 0.0706. The van der Waals surface area contributed by atoms with Crippen molar-refractivity contribution in [1.82, 2.24) is 4.57 Å². The molecule has 1 aromatic carbocycles. The summed E-state index contributed by atoms with van der Waals surface area (Å²) in [7, 11) is 1.53. The highest BCUT2D eigenvalue weighted by molar-refractivity contribution is 6.01. The van der Waals surface area contributed by atoms with Gasteiger partial charge in [0.1, 0.15) is 17.4 Å². The van der Waals surface area contributed by atoms with Crippen molar-refractivity contribution in [1.29, 1.82) is 5.26 Å². The maximum atomic E-state index is 12.7. The summed E-state index contributed by atoms with van der Waals surface area (Å²) >= 11 is 0. The first kappa shape index (κ1) is 21.2. The van der Waals surface area contributed by atoms with Gasteiger partial charge in [-0.1, -0.05) is 19.1 Å². The van der Waals surface area contributed by atoms with Crippen LogP contribution in [0.15, 0.2) is 29.1 Å². The van der Waals surface area contributed by atoms with Gasteiger partial charge in [0.05, 0.1) is 5.56 Å². The molecule has 1 aromatic heterocycles. The van der Waals surface area contributed by atoms with Gasteiger partial charge in [-0.15, -0.1) is 0 Å². The number of Topliss-reactive ketones (excluding diaryl/α,β-unsaturated/α-hetero) is 1. The van der Waals surface area contributed by atoms with Crippen LogP contribution in [-0.2, 0) is 17.7 Å². The number of carbonyl (C=O) groups is 1. The largest absolute Gasteiger partial charge is 0.494 e. The average molecular weight is 384 g/mol. The summed E-state index contributed by atoms with van der Waals surface area (Å²) in [4.78, 5) is 25.2. The summed E-state index contributed by atoms with van der Waals surface area (Å²) in [5, 5.41) is 19.9. The molecule has 2 rings (SSSR count). The number of rotatable bonds is 9. The van der Waals surface area contributed by atoms with Crippen molar-refractivity contribution < 1.29 is 19.4 Å². The lowest BCUT2D eigenvalue weighted by Gasteiger charge is -2.15. The Hall–Kier alpha value is -3.11. The Labute approximate surface area is 163 Å². The van der Waals surface area contributed by atoms with E-state index >= 15 is 0 Å². The number of pyridine rings is 1. The van der Waals surface area contributed by atoms with Gasteiger partial charge < -0.3 is 14.6 Å². The Bertz CT molecular complexity index is 939. The van der Waals surface area contributed by atoms with Crippen LogP contribution in [0.4, 0.5) is 0 Å². The van der Waals surface area contributed by atoms with Crippen LogP contribution in [-0.4, -0.2) is 35.8 Å². The number of ketones is 1. The zero-order valence-corrected chi connectivity index (χ0v) is 16.3. The molecule has 0 spiro atoms. The number of methoxy groups -OCH3 is 1. The minimum Gasteiger partial charge on any atom is -0.494 e. The predicted molar refractivity (Wildman–Crippen MR) is 104 cm³/mol. The second kappa shape index (κ2) is 9.72. The Kier molecular flexibility index (Phi) is 7.36. The molecule has 7 heteroatoms. The number of aromatic nitrogens is 1. The lowest BCUT2D eigenvalue weighted by molar-refractivity contribution is 0.0916. The van der Waals surface area contributed by atoms with Crippen molar-refractivity contribution in [3.05, 3.63) is 56.9 Å². The lowest BCUT2D eigenvalue weighted by atomic mass is 10.0. The molecule has 7 nitrogen and oxygen atoms in total. The summed E-state index contributed by atoms with van der Waals surface area (Å²) in [6.45, 7) is 3.71. The van der Waals surface area contributed by atoms with Gasteiger partial charge in [-0.25, -0.2) is 0 Å². The van der Waals surface area contributed by atoms with Crippen LogP contribution >= 0.6 is 0 Å². The van der Waals surface area contributed by atoms with E-state index in [2.05, 4.69) is 0 Å². The first-order chi connectivity index (χ1) is 13.4. The second-order valence-corrected chi connectivity index (χ2v) is 6.32. The molecule has 0 saturated heterocycles. The highest BCUT2D eigenvalue weighted by Crippen LogP contribution is 2.23. The third-order valence-electron chi connectivity index (χ3n) is 4.51. The fraction of sp³-hybridized carbons (Fsp3) is 0.381. The molecule has 28 heavy (non-hydrogen) atoms. The van der Waals surface area contributed by atoms with Crippen molar-refractivity contribution in [2.75, 3.05) is 20.3 Å². The van der Waals surface area contributed by atoms with E-state index in [1.165, 1.54) is 14.0 Å². The molecule has 0 fully saturated rings. The van der Waals surface area contributed by atoms with Crippen molar-refractivity contribution in [2.24, 2.45) is 0 Å². The van der Waals surface area contributed by atoms with Crippen LogP contribution < -0.4 is 10.3 Å². The summed E-state index contributed by atoms with van der Waals surface area (Å²) < 4.78 is 11.5. The molecule has 0 aliphatic carbocycles. The lowest BCUT2D eigenvalue weighted by Crippen LogP contribution is -2.28. The zero-order valence-electron chi connectivity index (χ0n) is 16.3. The molecular weight excluding hydrogens is 360 g/mol. The standard InChI is InChI=1S/C21H24N2O5/c1-4-15-6-8-16(9-7-15)28-13-18(24)19-14(2)17(12-22)20(25)23(21(19)26)10-5-11-27-3/h6-9,26H,4-5,10-11,13H2,1-3H3. The van der Waals surface area contributed by atoms with E-state index in [0.717, 1.165) is 16.6 Å². The van der Waals surface area contributed by atoms with Crippen LogP contribution in [0, 0.1) is 18.3 Å².